The van der Waals surface area contributed by atoms with Gasteiger partial charge in [-0.15, -0.1) is 0 Å². The van der Waals surface area contributed by atoms with Crippen LogP contribution in [0.15, 0.2) is 23.2 Å². The Kier molecular flexibility index (Phi) is 5.84. The van der Waals surface area contributed by atoms with Gasteiger partial charge in [-0.3, -0.25) is 4.79 Å². The lowest BCUT2D eigenvalue weighted by Crippen LogP contribution is -2.42. The van der Waals surface area contributed by atoms with Crippen molar-refractivity contribution in [3.63, 3.8) is 0 Å². The van der Waals surface area contributed by atoms with Gasteiger partial charge in [0.1, 0.15) is 12.3 Å². The Balaban J connectivity index is 2.60. The highest BCUT2D eigenvalue weighted by Gasteiger charge is 2.13. The van der Waals surface area contributed by atoms with Gasteiger partial charge in [-0.25, -0.2) is 4.99 Å². The van der Waals surface area contributed by atoms with Gasteiger partial charge in [-0.1, -0.05) is 11.6 Å². The van der Waals surface area contributed by atoms with E-state index >= 15 is 0 Å². The molecule has 6 nitrogen and oxygen atoms in total. The number of hydrogen-bond acceptors (Lipinski definition) is 3. The number of benzene rings is 1. The summed E-state index contributed by atoms with van der Waals surface area (Å²) in [6.45, 7) is 5.65. The molecule has 0 heterocycles. The monoisotopic (exact) mass is 312 g/mol. The SMILES string of the molecule is COc1ccc(NC(N)=NCC(=O)NC(C)(C)C)cc1Cl. The van der Waals surface area contributed by atoms with Crippen molar-refractivity contribution in [3.8, 4) is 5.75 Å². The lowest BCUT2D eigenvalue weighted by molar-refractivity contribution is -0.121. The summed E-state index contributed by atoms with van der Waals surface area (Å²) in [7, 11) is 1.54. The number of hydrogen-bond donors (Lipinski definition) is 3. The maximum absolute atomic E-state index is 11.6. The minimum absolute atomic E-state index is 0.0417. The molecule has 0 unspecified atom stereocenters. The standard InChI is InChI=1S/C14H21ClN4O2/c1-14(2,3)19-12(20)8-17-13(16)18-9-5-6-11(21-4)10(15)7-9/h5-7H,8H2,1-4H3,(H,19,20)(H3,16,17,18). The van der Waals surface area contributed by atoms with Gasteiger partial charge >= 0.3 is 0 Å². The van der Waals surface area contributed by atoms with Crippen LogP contribution < -0.4 is 21.1 Å². The van der Waals surface area contributed by atoms with Crippen LogP contribution in [0.3, 0.4) is 0 Å². The quantitative estimate of drug-likeness (QED) is 0.586. The third-order valence-corrected chi connectivity index (χ3v) is 2.63. The summed E-state index contributed by atoms with van der Waals surface area (Å²) in [4.78, 5) is 15.6. The molecule has 0 atom stereocenters. The van der Waals surface area contributed by atoms with Gasteiger partial charge in [0, 0.05) is 11.2 Å². The van der Waals surface area contributed by atoms with Gasteiger partial charge in [-0.2, -0.15) is 0 Å². The van der Waals surface area contributed by atoms with Crippen LogP contribution in [-0.2, 0) is 4.79 Å². The number of methoxy groups -OCH3 is 1. The van der Waals surface area contributed by atoms with E-state index in [1.165, 1.54) is 7.11 Å². The number of rotatable bonds is 4. The first-order chi connectivity index (χ1) is 9.71. The molecule has 0 aliphatic rings. The van der Waals surface area contributed by atoms with E-state index in [0.717, 1.165) is 0 Å². The highest BCUT2D eigenvalue weighted by atomic mass is 35.5. The normalized spacial score (nSPS) is 12.0. The molecule has 0 saturated carbocycles. The van der Waals surface area contributed by atoms with E-state index in [-0.39, 0.29) is 24.0 Å². The molecule has 0 radical (unpaired) electrons. The number of halogens is 1. The number of anilines is 1. The molecule has 7 heteroatoms. The van der Waals surface area contributed by atoms with Gasteiger partial charge in [0.25, 0.3) is 0 Å². The number of guanidine groups is 1. The second-order valence-corrected chi connectivity index (χ2v) is 5.88. The van der Waals surface area contributed by atoms with Crippen LogP contribution in [0, 0.1) is 0 Å². The molecule has 0 saturated heterocycles. The lowest BCUT2D eigenvalue weighted by atomic mass is 10.1. The maximum atomic E-state index is 11.6. The molecule has 1 aromatic rings. The average molecular weight is 313 g/mol. The first-order valence-corrected chi connectivity index (χ1v) is 6.80. The second-order valence-electron chi connectivity index (χ2n) is 5.47. The van der Waals surface area contributed by atoms with Crippen molar-refractivity contribution >= 4 is 29.2 Å². The van der Waals surface area contributed by atoms with Crippen LogP contribution in [-0.4, -0.2) is 31.1 Å². The van der Waals surface area contributed by atoms with Gasteiger partial charge in [-0.05, 0) is 39.0 Å². The van der Waals surface area contributed by atoms with Crippen LogP contribution in [0.1, 0.15) is 20.8 Å². The number of amides is 1. The number of nitrogens with one attached hydrogen (secondary N) is 2. The van der Waals surface area contributed by atoms with Crippen LogP contribution >= 0.6 is 11.6 Å². The molecule has 1 amide bonds. The van der Waals surface area contributed by atoms with Crippen LogP contribution in [0.4, 0.5) is 5.69 Å². The molecule has 0 bridgehead atoms. The fourth-order valence-corrected chi connectivity index (χ4v) is 1.80. The molecule has 21 heavy (non-hydrogen) atoms. The molecule has 1 aromatic carbocycles. The molecular weight excluding hydrogens is 292 g/mol. The van der Waals surface area contributed by atoms with Crippen LogP contribution in [0.25, 0.3) is 0 Å². The Hall–Kier alpha value is -1.95. The molecule has 0 fully saturated rings. The Morgan fingerprint density at radius 2 is 2.10 bits per heavy atom. The fraction of sp³-hybridized carbons (Fsp3) is 0.429. The number of ether oxygens (including phenoxy) is 1. The van der Waals surface area contributed by atoms with Crippen molar-refractivity contribution in [3.05, 3.63) is 23.2 Å². The molecule has 0 aliphatic carbocycles. The Labute approximate surface area is 129 Å². The van der Waals surface area contributed by atoms with Gasteiger partial charge in [0.05, 0.1) is 12.1 Å². The van der Waals surface area contributed by atoms with Crippen molar-refractivity contribution in [2.24, 2.45) is 10.7 Å². The third kappa shape index (κ3) is 6.35. The zero-order chi connectivity index (χ0) is 16.0. The lowest BCUT2D eigenvalue weighted by Gasteiger charge is -2.19. The largest absolute Gasteiger partial charge is 0.495 e. The third-order valence-electron chi connectivity index (χ3n) is 2.33. The molecular formula is C14H21ClN4O2. The molecule has 0 aromatic heterocycles. The number of carbonyl (C=O) groups excluding carboxylic acids is 1. The predicted octanol–water partition coefficient (Wildman–Crippen LogP) is 1.99. The number of aliphatic imine (C=N–C) groups is 1. The molecule has 0 aliphatic heterocycles. The molecule has 1 rings (SSSR count). The number of nitrogens with two attached hydrogens (primary N) is 1. The summed E-state index contributed by atoms with van der Waals surface area (Å²) in [6, 6.07) is 5.13. The Morgan fingerprint density at radius 3 is 2.62 bits per heavy atom. The molecule has 4 N–H and O–H groups in total. The molecule has 116 valence electrons. The van der Waals surface area contributed by atoms with E-state index in [4.69, 9.17) is 22.1 Å². The summed E-state index contributed by atoms with van der Waals surface area (Å²) in [5.74, 6) is 0.516. The van der Waals surface area contributed by atoms with E-state index in [2.05, 4.69) is 15.6 Å². The maximum Gasteiger partial charge on any atom is 0.242 e. The van der Waals surface area contributed by atoms with Crippen LogP contribution in [0.2, 0.25) is 5.02 Å². The minimum atomic E-state index is -0.293. The van der Waals surface area contributed by atoms with E-state index in [0.29, 0.717) is 16.5 Å². The smallest absolute Gasteiger partial charge is 0.242 e. The Bertz CT molecular complexity index is 538. The van der Waals surface area contributed by atoms with E-state index in [9.17, 15) is 4.79 Å². The van der Waals surface area contributed by atoms with E-state index < -0.39 is 0 Å². The van der Waals surface area contributed by atoms with Gasteiger partial charge < -0.3 is 21.1 Å². The van der Waals surface area contributed by atoms with Crippen molar-refractivity contribution in [1.29, 1.82) is 0 Å². The summed E-state index contributed by atoms with van der Waals surface area (Å²) in [5, 5.41) is 6.11. The summed E-state index contributed by atoms with van der Waals surface area (Å²) in [5.41, 5.74) is 6.09. The number of carbonyl (C=O) groups is 1. The second kappa shape index (κ2) is 7.17. The van der Waals surface area contributed by atoms with Gasteiger partial charge in [0.15, 0.2) is 5.96 Å². The molecule has 0 spiro atoms. The van der Waals surface area contributed by atoms with E-state index in [1.54, 1.807) is 18.2 Å². The zero-order valence-electron chi connectivity index (χ0n) is 12.7. The van der Waals surface area contributed by atoms with Crippen molar-refractivity contribution in [2.75, 3.05) is 19.0 Å². The van der Waals surface area contributed by atoms with E-state index in [1.807, 2.05) is 20.8 Å². The Morgan fingerprint density at radius 1 is 1.43 bits per heavy atom. The summed E-state index contributed by atoms with van der Waals surface area (Å²) in [6.07, 6.45) is 0. The van der Waals surface area contributed by atoms with Crippen molar-refractivity contribution in [1.82, 2.24) is 5.32 Å². The van der Waals surface area contributed by atoms with Crippen molar-refractivity contribution in [2.45, 2.75) is 26.3 Å². The van der Waals surface area contributed by atoms with Gasteiger partial charge in [0.2, 0.25) is 5.91 Å². The highest BCUT2D eigenvalue weighted by Crippen LogP contribution is 2.26. The summed E-state index contributed by atoms with van der Waals surface area (Å²) < 4.78 is 5.06. The highest BCUT2D eigenvalue weighted by molar-refractivity contribution is 6.32. The number of nitrogens with zero attached hydrogens (tertiary/aromatic N) is 1. The average Bonchev–Trinajstić information content (AvgIpc) is 2.34. The minimum Gasteiger partial charge on any atom is -0.495 e. The topological polar surface area (TPSA) is 88.7 Å². The van der Waals surface area contributed by atoms with Crippen LogP contribution in [0.5, 0.6) is 5.75 Å². The van der Waals surface area contributed by atoms with Crippen molar-refractivity contribution < 1.29 is 9.53 Å². The first-order valence-electron chi connectivity index (χ1n) is 6.43. The predicted molar refractivity (Wildman–Crippen MR) is 86.0 cm³/mol. The summed E-state index contributed by atoms with van der Waals surface area (Å²) >= 11 is 6.00. The zero-order valence-corrected chi connectivity index (χ0v) is 13.4. The first kappa shape index (κ1) is 17.1. The fourth-order valence-electron chi connectivity index (χ4n) is 1.55.